The van der Waals surface area contributed by atoms with Crippen LogP contribution in [0.5, 0.6) is 11.5 Å². The van der Waals surface area contributed by atoms with Gasteiger partial charge in [-0.15, -0.1) is 0 Å². The van der Waals surface area contributed by atoms with Crippen molar-refractivity contribution < 1.29 is 19.4 Å². The Morgan fingerprint density at radius 2 is 2.06 bits per heavy atom. The van der Waals surface area contributed by atoms with Crippen LogP contribution in [0.1, 0.15) is 36.7 Å². The van der Waals surface area contributed by atoms with Gasteiger partial charge in [0.1, 0.15) is 23.1 Å². The standard InChI is InChI=1S/C25H28N4O4/c1-4-33-17-8-9-20-18(13-17)19-14-25(2)23(31)28(11-10-26-3)24(32)29(25)22(21(19)27-20)15-6-5-7-16(30)12-15/h5-9,12-13,22,26-27,30H,4,10-11,14H2,1-3H3. The summed E-state index contributed by atoms with van der Waals surface area (Å²) in [6.45, 7) is 5.16. The number of likely N-dealkylation sites (N-methyl/N-ethyl adjacent to an activating group) is 1. The van der Waals surface area contributed by atoms with E-state index in [9.17, 15) is 14.7 Å². The first-order valence-electron chi connectivity index (χ1n) is 11.2. The smallest absolute Gasteiger partial charge is 0.328 e. The number of carbonyl (C=O) groups is 2. The molecule has 2 aliphatic rings. The third-order valence-electron chi connectivity index (χ3n) is 6.72. The predicted octanol–water partition coefficient (Wildman–Crippen LogP) is 3.16. The lowest BCUT2D eigenvalue weighted by atomic mass is 9.81. The SMILES string of the molecule is CCOc1ccc2[nH]c3c(c2c1)CC1(C)C(=O)N(CCNC)C(=O)N1C3c1cccc(O)c1. The van der Waals surface area contributed by atoms with Crippen LogP contribution in [-0.2, 0) is 11.2 Å². The summed E-state index contributed by atoms with van der Waals surface area (Å²) in [5.41, 5.74) is 2.49. The zero-order valence-electron chi connectivity index (χ0n) is 19.0. The number of phenolic OH excluding ortho intramolecular Hbond substituents is 1. The largest absolute Gasteiger partial charge is 0.508 e. The zero-order valence-corrected chi connectivity index (χ0v) is 19.0. The van der Waals surface area contributed by atoms with Crippen LogP contribution in [0.4, 0.5) is 4.79 Å². The lowest BCUT2D eigenvalue weighted by molar-refractivity contribution is -0.133. The number of urea groups is 1. The summed E-state index contributed by atoms with van der Waals surface area (Å²) in [4.78, 5) is 33.7. The number of ether oxygens (including phenoxy) is 1. The molecule has 1 aromatic heterocycles. The minimum absolute atomic E-state index is 0.112. The van der Waals surface area contributed by atoms with Gasteiger partial charge in [-0.3, -0.25) is 14.6 Å². The van der Waals surface area contributed by atoms with E-state index < -0.39 is 11.6 Å². The Morgan fingerprint density at radius 3 is 2.79 bits per heavy atom. The van der Waals surface area contributed by atoms with Crippen LogP contribution in [0.25, 0.3) is 10.9 Å². The lowest BCUT2D eigenvalue weighted by Crippen LogP contribution is -2.53. The van der Waals surface area contributed by atoms with Gasteiger partial charge in [0, 0.05) is 36.1 Å². The predicted molar refractivity (Wildman–Crippen MR) is 124 cm³/mol. The van der Waals surface area contributed by atoms with Gasteiger partial charge in [-0.25, -0.2) is 4.79 Å². The van der Waals surface area contributed by atoms with Crippen LogP contribution in [0, 0.1) is 0 Å². The molecule has 33 heavy (non-hydrogen) atoms. The fourth-order valence-corrected chi connectivity index (χ4v) is 5.21. The summed E-state index contributed by atoms with van der Waals surface area (Å²) in [6, 6.07) is 11.9. The lowest BCUT2D eigenvalue weighted by Gasteiger charge is -2.42. The highest BCUT2D eigenvalue weighted by atomic mass is 16.5. The number of benzene rings is 2. The average Bonchev–Trinajstić information content (AvgIpc) is 3.23. The van der Waals surface area contributed by atoms with E-state index in [1.54, 1.807) is 30.1 Å². The first-order valence-corrected chi connectivity index (χ1v) is 11.2. The molecule has 3 amide bonds. The maximum atomic E-state index is 13.6. The maximum absolute atomic E-state index is 13.6. The number of hydrogen-bond acceptors (Lipinski definition) is 5. The van der Waals surface area contributed by atoms with Gasteiger partial charge in [-0.2, -0.15) is 0 Å². The molecule has 0 bridgehead atoms. The van der Waals surface area contributed by atoms with Crippen LogP contribution in [0.2, 0.25) is 0 Å². The van der Waals surface area contributed by atoms with Crippen molar-refractivity contribution in [3.05, 3.63) is 59.3 Å². The number of aromatic hydroxyl groups is 1. The van der Waals surface area contributed by atoms with Gasteiger partial charge in [-0.05, 0) is 62.4 Å². The van der Waals surface area contributed by atoms with Crippen LogP contribution in [0.15, 0.2) is 42.5 Å². The molecule has 8 heteroatoms. The molecule has 2 aliphatic heterocycles. The summed E-state index contributed by atoms with van der Waals surface area (Å²) >= 11 is 0. The normalized spacial score (nSPS) is 22.1. The molecule has 1 saturated heterocycles. The molecule has 2 atom stereocenters. The second-order valence-corrected chi connectivity index (χ2v) is 8.82. The molecular weight excluding hydrogens is 420 g/mol. The van der Waals surface area contributed by atoms with Crippen LogP contribution >= 0.6 is 0 Å². The van der Waals surface area contributed by atoms with E-state index in [2.05, 4.69) is 10.3 Å². The van der Waals surface area contributed by atoms with Crippen molar-refractivity contribution in [2.24, 2.45) is 0 Å². The van der Waals surface area contributed by atoms with E-state index in [-0.39, 0.29) is 17.7 Å². The number of nitrogens with zero attached hydrogens (tertiary/aromatic N) is 2. The summed E-state index contributed by atoms with van der Waals surface area (Å²) in [5, 5.41) is 14.2. The molecule has 172 valence electrons. The zero-order chi connectivity index (χ0) is 23.3. The summed E-state index contributed by atoms with van der Waals surface area (Å²) in [6.07, 6.45) is 0.397. The number of imide groups is 1. The van der Waals surface area contributed by atoms with Crippen molar-refractivity contribution in [3.8, 4) is 11.5 Å². The number of nitrogens with one attached hydrogen (secondary N) is 2. The maximum Gasteiger partial charge on any atom is 0.328 e. The number of aromatic amines is 1. The summed E-state index contributed by atoms with van der Waals surface area (Å²) in [5.74, 6) is 0.674. The topological polar surface area (TPSA) is 97.9 Å². The van der Waals surface area contributed by atoms with Gasteiger partial charge >= 0.3 is 6.03 Å². The molecule has 8 nitrogen and oxygen atoms in total. The van der Waals surface area contributed by atoms with E-state index in [0.717, 1.165) is 33.5 Å². The van der Waals surface area contributed by atoms with E-state index >= 15 is 0 Å². The van der Waals surface area contributed by atoms with Crippen LogP contribution in [-0.4, -0.2) is 64.1 Å². The Balaban J connectivity index is 1.72. The summed E-state index contributed by atoms with van der Waals surface area (Å²) < 4.78 is 5.72. The van der Waals surface area contributed by atoms with Gasteiger partial charge in [0.05, 0.1) is 6.61 Å². The van der Waals surface area contributed by atoms with Crippen molar-refractivity contribution in [3.63, 3.8) is 0 Å². The molecule has 3 N–H and O–H groups in total. The number of phenols is 1. The van der Waals surface area contributed by atoms with Crippen molar-refractivity contribution in [1.82, 2.24) is 20.1 Å². The number of carbonyl (C=O) groups excluding carboxylic acids is 2. The molecule has 3 heterocycles. The number of fused-ring (bicyclic) bond motifs is 4. The second-order valence-electron chi connectivity index (χ2n) is 8.82. The van der Waals surface area contributed by atoms with Gasteiger partial charge in [0.2, 0.25) is 0 Å². The molecule has 1 fully saturated rings. The highest BCUT2D eigenvalue weighted by molar-refractivity contribution is 6.08. The Morgan fingerprint density at radius 1 is 1.24 bits per heavy atom. The molecule has 0 saturated carbocycles. The second kappa shape index (κ2) is 7.81. The third-order valence-corrected chi connectivity index (χ3v) is 6.72. The Kier molecular flexibility index (Phi) is 5.05. The van der Waals surface area contributed by atoms with E-state index in [1.165, 1.54) is 4.90 Å². The minimum Gasteiger partial charge on any atom is -0.508 e. The van der Waals surface area contributed by atoms with Gasteiger partial charge in [0.25, 0.3) is 5.91 Å². The molecule has 0 radical (unpaired) electrons. The van der Waals surface area contributed by atoms with Crippen molar-refractivity contribution in [2.75, 3.05) is 26.7 Å². The van der Waals surface area contributed by atoms with Gasteiger partial charge in [-0.1, -0.05) is 12.1 Å². The summed E-state index contributed by atoms with van der Waals surface area (Å²) in [7, 11) is 1.79. The average molecular weight is 449 g/mol. The number of hydrogen-bond donors (Lipinski definition) is 3. The number of amides is 3. The molecule has 0 aliphatic carbocycles. The van der Waals surface area contributed by atoms with Crippen molar-refractivity contribution in [1.29, 1.82) is 0 Å². The van der Waals surface area contributed by atoms with E-state index in [1.807, 2.05) is 38.1 Å². The Labute approximate surface area is 192 Å². The number of rotatable bonds is 6. The van der Waals surface area contributed by atoms with Gasteiger partial charge in [0.15, 0.2) is 0 Å². The molecule has 2 unspecified atom stereocenters. The van der Waals surface area contributed by atoms with E-state index in [0.29, 0.717) is 26.1 Å². The quantitative estimate of drug-likeness (QED) is 0.503. The fourth-order valence-electron chi connectivity index (χ4n) is 5.21. The van der Waals surface area contributed by atoms with Crippen LogP contribution in [0.3, 0.4) is 0 Å². The molecule has 2 aromatic carbocycles. The molecule has 3 aromatic rings. The van der Waals surface area contributed by atoms with Gasteiger partial charge < -0.3 is 20.1 Å². The first kappa shape index (κ1) is 21.3. The van der Waals surface area contributed by atoms with E-state index in [4.69, 9.17) is 4.74 Å². The number of aromatic nitrogens is 1. The highest BCUT2D eigenvalue weighted by Crippen LogP contribution is 2.49. The monoisotopic (exact) mass is 448 g/mol. The fraction of sp³-hybridized carbons (Fsp3) is 0.360. The van der Waals surface area contributed by atoms with Crippen molar-refractivity contribution in [2.45, 2.75) is 31.8 Å². The van der Waals surface area contributed by atoms with Crippen LogP contribution < -0.4 is 10.1 Å². The number of H-pyrrole nitrogens is 1. The minimum atomic E-state index is -1.04. The Hall–Kier alpha value is -3.52. The molecular formula is C25H28N4O4. The molecule has 5 rings (SSSR count). The third kappa shape index (κ3) is 3.16. The Bertz CT molecular complexity index is 1250. The van der Waals surface area contributed by atoms with Crippen molar-refractivity contribution >= 4 is 22.8 Å². The highest BCUT2D eigenvalue weighted by Gasteiger charge is 2.60. The first-order chi connectivity index (χ1) is 15.9. The molecule has 0 spiro atoms.